The minimum Gasteiger partial charge on any atom is -0.448 e. The molecule has 21 heavy (non-hydrogen) atoms. The quantitative estimate of drug-likeness (QED) is 0.883. The predicted octanol–water partition coefficient (Wildman–Crippen LogP) is 3.11. The van der Waals surface area contributed by atoms with E-state index in [2.05, 4.69) is 5.32 Å². The SMILES string of the molecule is CC(C)NC(=O)[C@H](C)OC(=O)c1cc2cc(F)ccc2s1. The van der Waals surface area contributed by atoms with Crippen molar-refractivity contribution in [2.45, 2.75) is 32.9 Å². The Morgan fingerprint density at radius 2 is 1.95 bits per heavy atom. The maximum Gasteiger partial charge on any atom is 0.349 e. The summed E-state index contributed by atoms with van der Waals surface area (Å²) in [6.07, 6.45) is -0.873. The Hall–Kier alpha value is -1.95. The average molecular weight is 309 g/mol. The van der Waals surface area contributed by atoms with E-state index < -0.39 is 12.1 Å². The summed E-state index contributed by atoms with van der Waals surface area (Å²) in [4.78, 5) is 24.1. The third-order valence-electron chi connectivity index (χ3n) is 2.76. The van der Waals surface area contributed by atoms with Crippen molar-refractivity contribution in [3.8, 4) is 0 Å². The monoisotopic (exact) mass is 309 g/mol. The lowest BCUT2D eigenvalue weighted by Gasteiger charge is -2.14. The van der Waals surface area contributed by atoms with E-state index in [1.54, 1.807) is 12.1 Å². The Balaban J connectivity index is 2.09. The summed E-state index contributed by atoms with van der Waals surface area (Å²) in [6.45, 7) is 5.17. The van der Waals surface area contributed by atoms with E-state index in [-0.39, 0.29) is 17.8 Å². The summed E-state index contributed by atoms with van der Waals surface area (Å²) in [5.41, 5.74) is 0. The van der Waals surface area contributed by atoms with E-state index in [1.807, 2.05) is 13.8 Å². The van der Waals surface area contributed by atoms with Gasteiger partial charge in [0.1, 0.15) is 10.7 Å². The Labute approximate surface area is 125 Å². The number of carbonyl (C=O) groups excluding carboxylic acids is 2. The number of esters is 1. The standard InChI is InChI=1S/C15H16FNO3S/c1-8(2)17-14(18)9(3)20-15(19)13-7-10-6-11(16)4-5-12(10)21-13/h4-9H,1-3H3,(H,17,18)/t9-/m0/s1. The third kappa shape index (κ3) is 3.78. The number of fused-ring (bicyclic) bond motifs is 1. The number of rotatable bonds is 4. The first-order valence-corrected chi connectivity index (χ1v) is 7.39. The van der Waals surface area contributed by atoms with Crippen LogP contribution in [0.25, 0.3) is 10.1 Å². The zero-order valence-electron chi connectivity index (χ0n) is 12.0. The molecule has 1 heterocycles. The summed E-state index contributed by atoms with van der Waals surface area (Å²) in [7, 11) is 0. The van der Waals surface area contributed by atoms with E-state index >= 15 is 0 Å². The largest absolute Gasteiger partial charge is 0.448 e. The molecule has 1 amide bonds. The highest BCUT2D eigenvalue weighted by atomic mass is 32.1. The highest BCUT2D eigenvalue weighted by Crippen LogP contribution is 2.27. The van der Waals surface area contributed by atoms with Crippen LogP contribution in [0.2, 0.25) is 0 Å². The fourth-order valence-electron chi connectivity index (χ4n) is 1.79. The van der Waals surface area contributed by atoms with Gasteiger partial charge in [0, 0.05) is 10.7 Å². The van der Waals surface area contributed by atoms with Gasteiger partial charge in [-0.3, -0.25) is 4.79 Å². The molecule has 1 atom stereocenters. The van der Waals surface area contributed by atoms with Gasteiger partial charge in [-0.1, -0.05) is 0 Å². The zero-order chi connectivity index (χ0) is 15.6. The topological polar surface area (TPSA) is 55.4 Å². The van der Waals surface area contributed by atoms with E-state index in [1.165, 1.54) is 30.4 Å². The van der Waals surface area contributed by atoms with Gasteiger partial charge in [-0.2, -0.15) is 0 Å². The number of halogens is 1. The highest BCUT2D eigenvalue weighted by molar-refractivity contribution is 7.20. The normalized spacial score (nSPS) is 12.4. The molecule has 0 spiro atoms. The summed E-state index contributed by atoms with van der Waals surface area (Å²) in [5.74, 6) is -1.28. The summed E-state index contributed by atoms with van der Waals surface area (Å²) < 4.78 is 19.0. The van der Waals surface area contributed by atoms with Crippen LogP contribution in [-0.2, 0) is 9.53 Å². The van der Waals surface area contributed by atoms with Gasteiger partial charge in [0.2, 0.25) is 0 Å². The molecule has 0 fully saturated rings. The molecule has 0 saturated carbocycles. The third-order valence-corrected chi connectivity index (χ3v) is 3.86. The second-order valence-electron chi connectivity index (χ2n) is 5.00. The van der Waals surface area contributed by atoms with Gasteiger partial charge >= 0.3 is 5.97 Å². The number of hydrogen-bond donors (Lipinski definition) is 1. The maximum atomic E-state index is 13.1. The number of thiophene rings is 1. The fraction of sp³-hybridized carbons (Fsp3) is 0.333. The number of benzene rings is 1. The molecule has 0 aliphatic carbocycles. The molecule has 0 saturated heterocycles. The number of hydrogen-bond acceptors (Lipinski definition) is 4. The van der Waals surface area contributed by atoms with Gasteiger partial charge < -0.3 is 10.1 Å². The van der Waals surface area contributed by atoms with Crippen molar-refractivity contribution < 1.29 is 18.7 Å². The Morgan fingerprint density at radius 3 is 2.62 bits per heavy atom. The van der Waals surface area contributed by atoms with Gasteiger partial charge in [0.15, 0.2) is 6.10 Å². The molecule has 2 rings (SSSR count). The molecular weight excluding hydrogens is 293 g/mol. The first-order valence-electron chi connectivity index (χ1n) is 6.57. The van der Waals surface area contributed by atoms with Crippen molar-refractivity contribution in [1.82, 2.24) is 5.32 Å². The number of nitrogens with one attached hydrogen (secondary N) is 1. The second-order valence-corrected chi connectivity index (χ2v) is 6.09. The molecule has 0 radical (unpaired) electrons. The van der Waals surface area contributed by atoms with Crippen LogP contribution < -0.4 is 5.32 Å². The minimum atomic E-state index is -0.873. The van der Waals surface area contributed by atoms with Gasteiger partial charge in [0.05, 0.1) is 0 Å². The number of ether oxygens (including phenoxy) is 1. The van der Waals surface area contributed by atoms with E-state index in [0.717, 1.165) is 4.70 Å². The van der Waals surface area contributed by atoms with Crippen LogP contribution in [-0.4, -0.2) is 24.0 Å². The first kappa shape index (κ1) is 15.4. The summed E-state index contributed by atoms with van der Waals surface area (Å²) in [5, 5.41) is 3.32. The second kappa shape index (κ2) is 6.22. The summed E-state index contributed by atoms with van der Waals surface area (Å²) >= 11 is 1.21. The van der Waals surface area contributed by atoms with E-state index in [0.29, 0.717) is 10.3 Å². The maximum absolute atomic E-state index is 13.1. The van der Waals surface area contributed by atoms with Crippen LogP contribution in [0, 0.1) is 5.82 Å². The average Bonchev–Trinajstić information content (AvgIpc) is 2.80. The van der Waals surface area contributed by atoms with E-state index in [9.17, 15) is 14.0 Å². The van der Waals surface area contributed by atoms with Crippen LogP contribution in [0.3, 0.4) is 0 Å². The van der Waals surface area contributed by atoms with Crippen molar-refractivity contribution in [1.29, 1.82) is 0 Å². The van der Waals surface area contributed by atoms with Crippen molar-refractivity contribution in [2.24, 2.45) is 0 Å². The number of amides is 1. The molecule has 0 unspecified atom stereocenters. The van der Waals surface area contributed by atoms with Gasteiger partial charge in [-0.05, 0) is 50.4 Å². The highest BCUT2D eigenvalue weighted by Gasteiger charge is 2.20. The van der Waals surface area contributed by atoms with Gasteiger partial charge in [0.25, 0.3) is 5.91 Å². The van der Waals surface area contributed by atoms with Crippen LogP contribution in [0.15, 0.2) is 24.3 Å². The molecule has 2 aromatic rings. The Bertz CT molecular complexity index is 681. The van der Waals surface area contributed by atoms with Crippen LogP contribution in [0.1, 0.15) is 30.4 Å². The van der Waals surface area contributed by atoms with Gasteiger partial charge in [-0.15, -0.1) is 11.3 Å². The van der Waals surface area contributed by atoms with E-state index in [4.69, 9.17) is 4.74 Å². The first-order chi connectivity index (χ1) is 9.86. The Morgan fingerprint density at radius 1 is 1.24 bits per heavy atom. The van der Waals surface area contributed by atoms with Crippen LogP contribution >= 0.6 is 11.3 Å². The molecule has 0 aliphatic rings. The molecule has 0 aliphatic heterocycles. The van der Waals surface area contributed by atoms with Crippen molar-refractivity contribution in [3.05, 3.63) is 35.0 Å². The Kier molecular flexibility index (Phi) is 4.57. The molecule has 1 N–H and O–H groups in total. The van der Waals surface area contributed by atoms with Crippen molar-refractivity contribution in [3.63, 3.8) is 0 Å². The van der Waals surface area contributed by atoms with Crippen molar-refractivity contribution in [2.75, 3.05) is 0 Å². The number of carbonyl (C=O) groups is 2. The lowest BCUT2D eigenvalue weighted by molar-refractivity contribution is -0.129. The smallest absolute Gasteiger partial charge is 0.349 e. The molecule has 112 valence electrons. The molecule has 0 bridgehead atoms. The fourth-order valence-corrected chi connectivity index (χ4v) is 2.71. The minimum absolute atomic E-state index is 0.0223. The van der Waals surface area contributed by atoms with Crippen molar-refractivity contribution >= 4 is 33.3 Å². The van der Waals surface area contributed by atoms with Gasteiger partial charge in [-0.25, -0.2) is 9.18 Å². The molecular formula is C15H16FNO3S. The van der Waals surface area contributed by atoms with Crippen LogP contribution in [0.4, 0.5) is 4.39 Å². The summed E-state index contributed by atoms with van der Waals surface area (Å²) in [6, 6.07) is 5.86. The zero-order valence-corrected chi connectivity index (χ0v) is 12.8. The molecule has 1 aromatic heterocycles. The van der Waals surface area contributed by atoms with Crippen LogP contribution in [0.5, 0.6) is 0 Å². The lowest BCUT2D eigenvalue weighted by atomic mass is 10.2. The lowest BCUT2D eigenvalue weighted by Crippen LogP contribution is -2.39. The molecule has 1 aromatic carbocycles. The molecule has 4 nitrogen and oxygen atoms in total. The predicted molar refractivity (Wildman–Crippen MR) is 79.9 cm³/mol. The molecule has 6 heteroatoms.